The molecule has 2 atom stereocenters. The molecule has 9 heteroatoms. The van der Waals surface area contributed by atoms with Crippen LogP contribution in [-0.2, 0) is 14.3 Å². The molecule has 2 aliphatic heterocycles. The maximum Gasteiger partial charge on any atom is 0.338 e. The van der Waals surface area contributed by atoms with E-state index in [2.05, 4.69) is 10.3 Å². The van der Waals surface area contributed by atoms with Gasteiger partial charge >= 0.3 is 11.9 Å². The lowest BCUT2D eigenvalue weighted by Gasteiger charge is -2.35. The van der Waals surface area contributed by atoms with Crippen molar-refractivity contribution in [1.29, 1.82) is 0 Å². The summed E-state index contributed by atoms with van der Waals surface area (Å²) in [6.45, 7) is 3.14. The number of thiazole rings is 1. The molecule has 2 fully saturated rings. The lowest BCUT2D eigenvalue weighted by Crippen LogP contribution is -2.45. The minimum Gasteiger partial charge on any atom is -0.480 e. The molecule has 0 aromatic carbocycles. The van der Waals surface area contributed by atoms with Gasteiger partial charge in [-0.25, -0.2) is 9.78 Å². The highest BCUT2D eigenvalue weighted by Gasteiger charge is 2.39. The number of aliphatic imine (C=N–C) groups is 1. The number of aliphatic carboxylic acids is 1. The fraction of sp³-hybridized carbons (Fsp3) is 0.636. The van der Waals surface area contributed by atoms with Crippen LogP contribution in [0.4, 0.5) is 0 Å². The zero-order chi connectivity index (χ0) is 21.8. The first-order valence-corrected chi connectivity index (χ1v) is 12.1. The number of amidine groups is 1. The molecule has 1 saturated heterocycles. The van der Waals surface area contributed by atoms with E-state index in [1.54, 1.807) is 13.1 Å². The molecule has 0 bridgehead atoms. The van der Waals surface area contributed by atoms with Gasteiger partial charge in [0, 0.05) is 23.8 Å². The Labute approximate surface area is 186 Å². The first-order chi connectivity index (χ1) is 15.1. The van der Waals surface area contributed by atoms with Gasteiger partial charge in [0.2, 0.25) is 0 Å². The second kappa shape index (κ2) is 9.91. The van der Waals surface area contributed by atoms with Crippen molar-refractivity contribution in [1.82, 2.24) is 15.2 Å². The highest BCUT2D eigenvalue weighted by molar-refractivity contribution is 7.11. The highest BCUT2D eigenvalue weighted by atomic mass is 32.1. The Morgan fingerprint density at radius 2 is 2.06 bits per heavy atom. The zero-order valence-electron chi connectivity index (χ0n) is 17.9. The van der Waals surface area contributed by atoms with Crippen molar-refractivity contribution in [2.45, 2.75) is 64.0 Å². The van der Waals surface area contributed by atoms with Gasteiger partial charge in [0.05, 0.1) is 18.2 Å². The van der Waals surface area contributed by atoms with Crippen LogP contribution in [0, 0.1) is 5.92 Å². The fourth-order valence-electron chi connectivity index (χ4n) is 4.94. The van der Waals surface area contributed by atoms with Gasteiger partial charge < -0.3 is 15.2 Å². The molecule has 31 heavy (non-hydrogen) atoms. The number of nitrogens with one attached hydrogen (secondary N) is 1. The predicted octanol–water partition coefficient (Wildman–Crippen LogP) is 2.81. The summed E-state index contributed by atoms with van der Waals surface area (Å²) in [4.78, 5) is 36.2. The van der Waals surface area contributed by atoms with Gasteiger partial charge in [-0.3, -0.25) is 14.7 Å². The van der Waals surface area contributed by atoms with Gasteiger partial charge in [-0.1, -0.05) is 19.3 Å². The summed E-state index contributed by atoms with van der Waals surface area (Å²) in [7, 11) is 0. The van der Waals surface area contributed by atoms with Gasteiger partial charge in [0.25, 0.3) is 0 Å². The third kappa shape index (κ3) is 4.82. The van der Waals surface area contributed by atoms with Crippen molar-refractivity contribution < 1.29 is 19.4 Å². The topological polar surface area (TPSA) is 104 Å². The number of ether oxygens (including phenoxy) is 1. The number of nitrogens with zero attached hydrogens (tertiary/aromatic N) is 3. The largest absolute Gasteiger partial charge is 0.480 e. The molecule has 2 N–H and O–H groups in total. The molecule has 0 amide bonds. The third-order valence-corrected chi connectivity index (χ3v) is 7.17. The number of carboxylic acid groups (broad SMARTS) is 1. The van der Waals surface area contributed by atoms with Crippen molar-refractivity contribution in [3.05, 3.63) is 27.9 Å². The molecule has 3 heterocycles. The molecule has 1 aliphatic carbocycles. The normalized spacial score (nSPS) is 25.3. The predicted molar refractivity (Wildman–Crippen MR) is 118 cm³/mol. The van der Waals surface area contributed by atoms with E-state index >= 15 is 0 Å². The zero-order valence-corrected chi connectivity index (χ0v) is 18.7. The Hall–Kier alpha value is -2.26. The van der Waals surface area contributed by atoms with Crippen LogP contribution in [0.5, 0.6) is 0 Å². The van der Waals surface area contributed by atoms with Crippen LogP contribution in [0.3, 0.4) is 0 Å². The van der Waals surface area contributed by atoms with Gasteiger partial charge in [-0.05, 0) is 45.1 Å². The maximum atomic E-state index is 13.1. The Bertz CT molecular complexity index is 861. The number of hydrogen-bond acceptors (Lipinski definition) is 8. The SMILES string of the molecule is CCOC(=O)C1=C(CN2CCCC2C(=O)O)NC(c2nccs2)=NC1C1CCCCC1. The number of likely N-dealkylation sites (tertiary alicyclic amines) is 1. The number of esters is 1. The lowest BCUT2D eigenvalue weighted by atomic mass is 9.80. The standard InChI is InChI=1S/C22H30N4O4S/c1-2-30-22(29)17-15(13-26-11-6-9-16(26)21(27)28)24-19(20-23-10-12-31-20)25-18(17)14-7-4-3-5-8-14/h10,12,14,16,18H,2-9,11,13H2,1H3,(H,24,25)(H,27,28). The number of carboxylic acids is 1. The van der Waals surface area contributed by atoms with Gasteiger partial charge in [0.1, 0.15) is 6.04 Å². The molecule has 8 nitrogen and oxygen atoms in total. The molecule has 4 rings (SSSR count). The van der Waals surface area contributed by atoms with Crippen molar-refractivity contribution in [2.75, 3.05) is 19.7 Å². The summed E-state index contributed by atoms with van der Waals surface area (Å²) in [6, 6.07) is -0.826. The van der Waals surface area contributed by atoms with E-state index in [1.165, 1.54) is 17.8 Å². The van der Waals surface area contributed by atoms with E-state index in [0.717, 1.165) is 37.1 Å². The van der Waals surface area contributed by atoms with Crippen molar-refractivity contribution >= 4 is 29.1 Å². The third-order valence-electron chi connectivity index (χ3n) is 6.39. The van der Waals surface area contributed by atoms with Crippen LogP contribution in [0.25, 0.3) is 0 Å². The van der Waals surface area contributed by atoms with Crippen LogP contribution in [0.2, 0.25) is 0 Å². The summed E-state index contributed by atoms with van der Waals surface area (Å²) >= 11 is 1.50. The molecule has 2 unspecified atom stereocenters. The maximum absolute atomic E-state index is 13.1. The fourth-order valence-corrected chi connectivity index (χ4v) is 5.53. The Balaban J connectivity index is 1.72. The van der Waals surface area contributed by atoms with E-state index in [4.69, 9.17) is 9.73 Å². The van der Waals surface area contributed by atoms with Crippen LogP contribution in [0.1, 0.15) is 56.9 Å². The first-order valence-electron chi connectivity index (χ1n) is 11.2. The van der Waals surface area contributed by atoms with Crippen LogP contribution in [-0.4, -0.2) is 64.5 Å². The monoisotopic (exact) mass is 446 g/mol. The number of aromatic nitrogens is 1. The van der Waals surface area contributed by atoms with Crippen LogP contribution >= 0.6 is 11.3 Å². The van der Waals surface area contributed by atoms with Gasteiger partial charge in [-0.15, -0.1) is 11.3 Å². The van der Waals surface area contributed by atoms with E-state index < -0.39 is 12.0 Å². The van der Waals surface area contributed by atoms with E-state index in [-0.39, 0.29) is 24.5 Å². The number of rotatable bonds is 7. The molecular formula is C22H30N4O4S. The first kappa shape index (κ1) is 22.0. The van der Waals surface area contributed by atoms with Gasteiger partial charge in [0.15, 0.2) is 10.8 Å². The molecule has 3 aliphatic rings. The molecule has 1 aromatic heterocycles. The molecule has 0 radical (unpaired) electrons. The Kier molecular flexibility index (Phi) is 7.02. The van der Waals surface area contributed by atoms with Gasteiger partial charge in [-0.2, -0.15) is 0 Å². The smallest absolute Gasteiger partial charge is 0.338 e. The minimum atomic E-state index is -0.816. The summed E-state index contributed by atoms with van der Waals surface area (Å²) in [6.07, 6.45) is 8.73. The summed E-state index contributed by atoms with van der Waals surface area (Å²) < 4.78 is 5.44. The summed E-state index contributed by atoms with van der Waals surface area (Å²) in [5.74, 6) is -0.230. The van der Waals surface area contributed by atoms with Crippen LogP contribution < -0.4 is 5.32 Å². The molecular weight excluding hydrogens is 416 g/mol. The van der Waals surface area contributed by atoms with E-state index in [9.17, 15) is 14.7 Å². The van der Waals surface area contributed by atoms with E-state index in [1.807, 2.05) is 10.3 Å². The number of hydrogen-bond donors (Lipinski definition) is 2. The molecule has 0 spiro atoms. The minimum absolute atomic E-state index is 0.272. The summed E-state index contributed by atoms with van der Waals surface area (Å²) in [5, 5.41) is 15.7. The Morgan fingerprint density at radius 1 is 1.26 bits per heavy atom. The average Bonchev–Trinajstić information content (AvgIpc) is 3.46. The average molecular weight is 447 g/mol. The second-order valence-corrected chi connectivity index (χ2v) is 9.26. The van der Waals surface area contributed by atoms with E-state index in [0.29, 0.717) is 36.6 Å². The quantitative estimate of drug-likeness (QED) is 0.621. The van der Waals surface area contributed by atoms with Crippen molar-refractivity contribution in [3.63, 3.8) is 0 Å². The lowest BCUT2D eigenvalue weighted by molar-refractivity contribution is -0.142. The van der Waals surface area contributed by atoms with Crippen molar-refractivity contribution in [2.24, 2.45) is 10.9 Å². The highest BCUT2D eigenvalue weighted by Crippen LogP contribution is 2.35. The number of carbonyl (C=O) groups excluding carboxylic acids is 1. The Morgan fingerprint density at radius 3 is 2.74 bits per heavy atom. The van der Waals surface area contributed by atoms with Crippen LogP contribution in [0.15, 0.2) is 27.8 Å². The second-order valence-electron chi connectivity index (χ2n) is 8.36. The molecule has 1 aromatic rings. The van der Waals surface area contributed by atoms with Crippen molar-refractivity contribution in [3.8, 4) is 0 Å². The number of carbonyl (C=O) groups is 2. The summed E-state index contributed by atoms with van der Waals surface area (Å²) in [5.41, 5.74) is 1.27. The molecule has 1 saturated carbocycles. The molecule has 168 valence electrons.